The van der Waals surface area contributed by atoms with Gasteiger partial charge in [0.15, 0.2) is 0 Å². The average molecular weight is 1680 g/mol. The van der Waals surface area contributed by atoms with Crippen LogP contribution in [0, 0.1) is 5.21 Å². The fraction of sp³-hybridized carbons (Fsp3) is 0.167. The van der Waals surface area contributed by atoms with Gasteiger partial charge in [-0.3, -0.25) is 23.7 Å². The number of carbonyl (C=O) groups excluding carboxylic acids is 11. The minimum Gasteiger partial charge on any atom is -0.711 e. The number of ether oxygens (including phenoxy) is 5. The summed E-state index contributed by atoms with van der Waals surface area (Å²) < 4.78 is 32.4. The third-order valence-electron chi connectivity index (χ3n) is 14.7. The molecule has 9 heterocycles. The second-order valence-electron chi connectivity index (χ2n) is 21.3. The van der Waals surface area contributed by atoms with Crippen molar-refractivity contribution in [2.45, 2.75) is 20.8 Å². The Morgan fingerprint density at radius 3 is 1.04 bits per heavy atom. The van der Waals surface area contributed by atoms with E-state index in [1.807, 2.05) is 0 Å². The number of aliphatic hydroxyl groups is 1. The normalized spacial score (nSPS) is 11.6. The third-order valence-corrected chi connectivity index (χ3v) is 15.2. The molecule has 35 nitrogen and oxygen atoms in total. The van der Waals surface area contributed by atoms with Crippen LogP contribution in [0.2, 0.25) is 10.3 Å². The summed E-state index contributed by atoms with van der Waals surface area (Å²) in [6, 6.07) is 36.5. The Bertz CT molecular complexity index is 4850. The number of rotatable bonds is 12. The number of halogens is 5. The minimum absolute atomic E-state index is 0. The van der Waals surface area contributed by atoms with Crippen LogP contribution in [0.1, 0.15) is 145 Å². The van der Waals surface area contributed by atoms with E-state index >= 15 is 0 Å². The topological polar surface area (TPSA) is 526 Å². The fourth-order valence-corrected chi connectivity index (χ4v) is 9.67. The van der Waals surface area contributed by atoms with Gasteiger partial charge in [0, 0.05) is 31.8 Å². The minimum atomic E-state index is -3.22. The van der Waals surface area contributed by atoms with Crippen molar-refractivity contribution in [2.24, 2.45) is 0 Å². The predicted octanol–water partition coefficient (Wildman–Crippen LogP) is 10.7. The van der Waals surface area contributed by atoms with Crippen molar-refractivity contribution in [3.63, 3.8) is 0 Å². The second kappa shape index (κ2) is 45.6. The monoisotopic (exact) mass is 1670 g/mol. The number of anilines is 6. The molecule has 6 amide bonds. The lowest BCUT2D eigenvalue weighted by Gasteiger charge is -2.13. The van der Waals surface area contributed by atoms with E-state index in [-0.39, 0.29) is 78.7 Å². The van der Waals surface area contributed by atoms with Gasteiger partial charge in [0.2, 0.25) is 0 Å². The number of nitrogens with two attached hydrogens (primary N) is 3. The van der Waals surface area contributed by atoms with Gasteiger partial charge in [0.1, 0.15) is 45.6 Å². The molecule has 9 aromatic rings. The summed E-state index contributed by atoms with van der Waals surface area (Å²) in [6.45, 7) is 10.1. The molecule has 12 rings (SSSR count). The number of carbonyl (C=O) groups is 12. The van der Waals surface area contributed by atoms with E-state index in [4.69, 9.17) is 50.6 Å². The Kier molecular flexibility index (Phi) is 38.3. The molecule has 3 aliphatic heterocycles. The molecule has 0 saturated carbocycles. The number of nitrogens with zero attached hydrogens (tertiary/aromatic N) is 10. The number of pyridine rings is 6. The first-order chi connectivity index (χ1) is 53.1. The van der Waals surface area contributed by atoms with Crippen LogP contribution in [0.4, 0.5) is 34.9 Å². The standard InChI is InChI=1S/C15H9ClN2O4.C15H10N2O5.C15H10N2O4.C7H7ClN2O2.C7H8N2O2.C6H6N2O2.C6H15N.CH4O.Cl3OP.H3N/c1-22-15(21)10-6-7-11(17-12(10)16)18-13(19)8-4-2-3-5-9(8)14(18)20;1-22-15(20)9-6-7-12(16(21)8-9)17-13(18)10-4-2-3-5-11(10)14(17)19;1-21-15(20)9-6-7-12(16-8-9)17-13(18)10-4-2-3-5-11(10)14(17)19;1-12-7(11)4-2-3-5(9)10-6(4)8;1-11-7(10)5-2-3-6(8)9-4-5;7-5-2-1-4(3-8-5)6(9)10;1-4-7(5-2)6-3;1-2;1-5(2,3)4;/h2-7H,1H3;2-8H,1H3;2-8H,1H3;2-3H,1H3,(H2,9,10);2-4H,1H3,(H2,8,9);1-3H,(H2,7,8)(H,9,10);4-6H2,1-3H3;2H,1H3;;1H3. The van der Waals surface area contributed by atoms with Crippen molar-refractivity contribution < 1.29 is 101 Å². The van der Waals surface area contributed by atoms with Gasteiger partial charge in [-0.1, -0.05) is 80.4 Å². The zero-order valence-electron chi connectivity index (χ0n) is 61.2. The number of fused-ring (bicyclic) bond motifs is 3. The number of carboxylic acids is 1. The fourth-order valence-electron chi connectivity index (χ4n) is 9.20. The quantitative estimate of drug-likeness (QED) is 0.0126. The molecule has 41 heteroatoms. The Hall–Kier alpha value is -12.4. The van der Waals surface area contributed by atoms with Crippen molar-refractivity contribution in [1.82, 2.24) is 36.0 Å². The van der Waals surface area contributed by atoms with E-state index in [9.17, 15) is 67.3 Å². The number of hydrogen-bond acceptors (Lipinski definition) is 30. The Balaban J connectivity index is 0.000000346. The van der Waals surface area contributed by atoms with Gasteiger partial charge < -0.3 is 67.4 Å². The second-order valence-corrected chi connectivity index (χ2v) is 28.6. The zero-order chi connectivity index (χ0) is 83.9. The van der Waals surface area contributed by atoms with Gasteiger partial charge in [-0.2, -0.15) is 0 Å². The van der Waals surface area contributed by atoms with E-state index in [0.717, 1.165) is 28.0 Å². The number of aromatic carboxylic acids is 1. The molecule has 0 saturated heterocycles. The summed E-state index contributed by atoms with van der Waals surface area (Å²) in [7, 11) is 7.26. The van der Waals surface area contributed by atoms with Crippen molar-refractivity contribution in [3.8, 4) is 0 Å². The highest BCUT2D eigenvalue weighted by Crippen LogP contribution is 2.61. The molecule has 0 aliphatic carbocycles. The first kappa shape index (κ1) is 94.8. The lowest BCUT2D eigenvalue weighted by molar-refractivity contribution is -0.591. The largest absolute Gasteiger partial charge is 0.711 e. The van der Waals surface area contributed by atoms with Gasteiger partial charge >= 0.3 is 52.8 Å². The maximum absolute atomic E-state index is 12.3. The maximum atomic E-state index is 12.3. The average Bonchev–Trinajstić information content (AvgIpc) is 1.64. The highest BCUT2D eigenvalue weighted by atomic mass is 36.0. The Morgan fingerprint density at radius 1 is 0.442 bits per heavy atom. The lowest BCUT2D eigenvalue weighted by Crippen LogP contribution is -2.41. The molecule has 11 N–H and O–H groups in total. The molecule has 0 atom stereocenters. The van der Waals surface area contributed by atoms with Crippen LogP contribution in [-0.4, -0.2) is 174 Å². The van der Waals surface area contributed by atoms with Crippen molar-refractivity contribution in [1.29, 1.82) is 0 Å². The smallest absolute Gasteiger partial charge is 0.349 e. The molecule has 6 aromatic heterocycles. The first-order valence-electron chi connectivity index (χ1n) is 31.8. The summed E-state index contributed by atoms with van der Waals surface area (Å²) in [5.74, 6) is -5.68. The van der Waals surface area contributed by atoms with Crippen molar-refractivity contribution in [3.05, 3.63) is 253 Å². The molecule has 3 aliphatic rings. The molecule has 3 aromatic carbocycles. The number of hydrogen-bond donors (Lipinski definition) is 6. The number of esters is 5. The van der Waals surface area contributed by atoms with Crippen LogP contribution in [0.5, 0.6) is 0 Å². The molecular formula is C72H72Cl5N14O21P. The molecule has 0 radical (unpaired) electrons. The number of imide groups is 3. The molecule has 0 bridgehead atoms. The highest BCUT2D eigenvalue weighted by Gasteiger charge is 2.45. The van der Waals surface area contributed by atoms with Crippen molar-refractivity contribution in [2.75, 3.05) is 94.2 Å². The predicted molar refractivity (Wildman–Crippen MR) is 418 cm³/mol. The SMILES string of the molecule is CCN(CC)CC.CO.COC(=O)c1ccc(N)nc1.COC(=O)c1ccc(N)nc1Cl.COC(=O)c1ccc(N2C(=O)c3ccccc3C2=O)[n+]([O-])c1.COC(=O)c1ccc(N2C(=O)c3ccccc3C2=O)nc1.COC(=O)c1ccc(N2C(=O)c3ccccc3C2=O)nc1Cl.N.Nc1ccc(C(=O)O)cn1.O=P(Cl)(Cl)Cl. The summed E-state index contributed by atoms with van der Waals surface area (Å²) in [5.41, 5.74) is 18.7. The first-order valence-corrected chi connectivity index (χ1v) is 37.0. The number of carboxylic acid groups (broad SMARTS) is 1. The van der Waals surface area contributed by atoms with Crippen LogP contribution in [0.25, 0.3) is 0 Å². The maximum Gasteiger partial charge on any atom is 0.349 e. The number of nitrogen functional groups attached to an aromatic ring is 3. The third kappa shape index (κ3) is 26.4. The number of benzene rings is 3. The number of aliphatic hydroxyl groups excluding tert-OH is 1. The molecular weight excluding hydrogens is 1610 g/mol. The van der Waals surface area contributed by atoms with Crippen LogP contribution in [0.15, 0.2) is 170 Å². The summed E-state index contributed by atoms with van der Waals surface area (Å²) in [6.07, 6.45) is 4.83. The van der Waals surface area contributed by atoms with Gasteiger partial charge in [0.25, 0.3) is 29.4 Å². The number of aromatic nitrogens is 6. The molecule has 0 unspecified atom stereocenters. The van der Waals surface area contributed by atoms with E-state index in [1.54, 1.807) is 72.8 Å². The van der Waals surface area contributed by atoms with Gasteiger partial charge in [0.05, 0.1) is 102 Å². The summed E-state index contributed by atoms with van der Waals surface area (Å²) in [4.78, 5) is 164. The van der Waals surface area contributed by atoms with E-state index in [0.29, 0.717) is 44.2 Å². The Labute approximate surface area is 668 Å². The van der Waals surface area contributed by atoms with E-state index in [1.165, 1.54) is 147 Å². The van der Waals surface area contributed by atoms with Gasteiger partial charge in [-0.05, 0) is 156 Å². The molecule has 0 fully saturated rings. The van der Waals surface area contributed by atoms with E-state index < -0.39 is 76.5 Å². The van der Waals surface area contributed by atoms with Crippen LogP contribution >= 0.6 is 62.1 Å². The molecule has 113 heavy (non-hydrogen) atoms. The van der Waals surface area contributed by atoms with E-state index in [2.05, 4.69) is 108 Å². The molecule has 596 valence electrons. The summed E-state index contributed by atoms with van der Waals surface area (Å²) in [5, 5.41) is 24.1. The Morgan fingerprint density at radius 2 is 0.743 bits per heavy atom. The zero-order valence-corrected chi connectivity index (χ0v) is 65.9. The number of amides is 6. The number of methoxy groups -OCH3 is 5. The summed E-state index contributed by atoms with van der Waals surface area (Å²) >= 11 is 25.4. The van der Waals surface area contributed by atoms with Gasteiger partial charge in [-0.15, -0.1) is 4.90 Å². The van der Waals surface area contributed by atoms with Crippen LogP contribution in [-0.2, 0) is 28.2 Å². The van der Waals surface area contributed by atoms with Crippen molar-refractivity contribution >= 4 is 168 Å². The van der Waals surface area contributed by atoms with Crippen LogP contribution < -0.4 is 42.8 Å². The molecule has 0 spiro atoms. The van der Waals surface area contributed by atoms with Crippen LogP contribution in [0.3, 0.4) is 0 Å². The lowest BCUT2D eigenvalue weighted by atomic mass is 10.1. The van der Waals surface area contributed by atoms with Gasteiger partial charge in [-0.25, -0.2) is 77.8 Å². The highest BCUT2D eigenvalue weighted by molar-refractivity contribution is 8.24.